The number of benzene rings is 1. The molecule has 0 saturated heterocycles. The van der Waals surface area contributed by atoms with E-state index >= 15 is 0 Å². The second kappa shape index (κ2) is 7.79. The molecule has 6 heteroatoms. The average molecular weight is 337 g/mol. The molecule has 0 aliphatic rings. The number of hydrogen-bond acceptors (Lipinski definition) is 3. The van der Waals surface area contributed by atoms with Crippen molar-refractivity contribution < 1.29 is 4.79 Å². The van der Waals surface area contributed by atoms with Gasteiger partial charge in [0.25, 0.3) is 0 Å². The van der Waals surface area contributed by atoms with E-state index in [1.54, 1.807) is 0 Å². The Bertz CT molecular complexity index is 820. The number of carbonyl (C=O) groups is 1. The lowest BCUT2D eigenvalue weighted by molar-refractivity contribution is -0.116. The van der Waals surface area contributed by atoms with Gasteiger partial charge in [0.15, 0.2) is 5.82 Å². The highest BCUT2D eigenvalue weighted by Crippen LogP contribution is 2.21. The maximum atomic E-state index is 12.1. The fraction of sp³-hybridized carbons (Fsp3) is 0.316. The first-order valence-electron chi connectivity index (χ1n) is 8.55. The van der Waals surface area contributed by atoms with E-state index in [1.165, 1.54) is 0 Å². The van der Waals surface area contributed by atoms with Gasteiger partial charge in [-0.15, -0.1) is 0 Å². The van der Waals surface area contributed by atoms with Crippen molar-refractivity contribution in [3.63, 3.8) is 0 Å². The van der Waals surface area contributed by atoms with E-state index in [0.29, 0.717) is 18.2 Å². The summed E-state index contributed by atoms with van der Waals surface area (Å²) in [5, 5.41) is 10.2. The molecule has 3 aromatic rings. The highest BCUT2D eigenvalue weighted by molar-refractivity contribution is 5.91. The number of amides is 1. The van der Waals surface area contributed by atoms with Gasteiger partial charge in [0.2, 0.25) is 5.91 Å². The van der Waals surface area contributed by atoms with Gasteiger partial charge in [-0.1, -0.05) is 26.0 Å². The van der Waals surface area contributed by atoms with E-state index in [4.69, 9.17) is 0 Å². The van der Waals surface area contributed by atoms with E-state index < -0.39 is 0 Å². The number of aromatic nitrogens is 4. The van der Waals surface area contributed by atoms with Gasteiger partial charge in [-0.2, -0.15) is 5.10 Å². The Balaban J connectivity index is 1.58. The standard InChI is InChI=1S/C19H23N5O/c1-14(2)18-21-19(23-22-18)15-7-5-8-16(13-15)20-17(25)9-6-12-24-10-3-4-11-24/h3-5,7-8,10-11,13-14H,6,9,12H2,1-2H3,(H,20,25)(H,21,22,23). The van der Waals surface area contributed by atoms with E-state index in [1.807, 2.05) is 48.8 Å². The van der Waals surface area contributed by atoms with E-state index in [9.17, 15) is 4.79 Å². The molecule has 0 radical (unpaired) electrons. The number of carbonyl (C=O) groups excluding carboxylic acids is 1. The number of aryl methyl sites for hydroxylation is 1. The van der Waals surface area contributed by atoms with Crippen LogP contribution in [0.5, 0.6) is 0 Å². The van der Waals surface area contributed by atoms with Crippen molar-refractivity contribution in [2.24, 2.45) is 0 Å². The molecular formula is C19H23N5O. The zero-order valence-electron chi connectivity index (χ0n) is 14.6. The van der Waals surface area contributed by atoms with Crippen LogP contribution in [0.3, 0.4) is 0 Å². The third-order valence-electron chi connectivity index (χ3n) is 3.94. The highest BCUT2D eigenvalue weighted by Gasteiger charge is 2.10. The molecule has 0 bridgehead atoms. The smallest absolute Gasteiger partial charge is 0.224 e. The van der Waals surface area contributed by atoms with Crippen LogP contribution in [-0.4, -0.2) is 25.7 Å². The molecule has 3 rings (SSSR count). The van der Waals surface area contributed by atoms with Gasteiger partial charge >= 0.3 is 0 Å². The minimum absolute atomic E-state index is 0.0159. The van der Waals surface area contributed by atoms with Gasteiger partial charge in [-0.05, 0) is 30.7 Å². The molecule has 2 heterocycles. The molecule has 2 aromatic heterocycles. The van der Waals surface area contributed by atoms with Crippen LogP contribution in [0, 0.1) is 0 Å². The first-order chi connectivity index (χ1) is 12.1. The number of nitrogens with one attached hydrogen (secondary N) is 2. The minimum Gasteiger partial charge on any atom is -0.354 e. The van der Waals surface area contributed by atoms with Crippen molar-refractivity contribution in [2.75, 3.05) is 5.32 Å². The number of aromatic amines is 1. The molecule has 6 nitrogen and oxygen atoms in total. The number of nitrogens with zero attached hydrogens (tertiary/aromatic N) is 3. The van der Waals surface area contributed by atoms with Crippen molar-refractivity contribution in [1.29, 1.82) is 0 Å². The monoisotopic (exact) mass is 337 g/mol. The maximum Gasteiger partial charge on any atom is 0.224 e. The lowest BCUT2D eigenvalue weighted by atomic mass is 10.1. The molecule has 0 fully saturated rings. The number of anilines is 1. The summed E-state index contributed by atoms with van der Waals surface area (Å²) in [4.78, 5) is 16.6. The summed E-state index contributed by atoms with van der Waals surface area (Å²) in [6.07, 6.45) is 5.30. The van der Waals surface area contributed by atoms with Gasteiger partial charge < -0.3 is 9.88 Å². The Hall–Kier alpha value is -2.89. The molecule has 25 heavy (non-hydrogen) atoms. The summed E-state index contributed by atoms with van der Waals surface area (Å²) in [5.41, 5.74) is 1.65. The SMILES string of the molecule is CC(C)c1nc(-c2cccc(NC(=O)CCCn3cccc3)c2)n[nH]1. The largest absolute Gasteiger partial charge is 0.354 e. The maximum absolute atomic E-state index is 12.1. The van der Waals surface area contributed by atoms with Gasteiger partial charge in [-0.25, -0.2) is 4.98 Å². The molecule has 0 atom stereocenters. The third-order valence-corrected chi connectivity index (χ3v) is 3.94. The van der Waals surface area contributed by atoms with Crippen LogP contribution in [0.15, 0.2) is 48.8 Å². The van der Waals surface area contributed by atoms with E-state index in [-0.39, 0.29) is 5.91 Å². The van der Waals surface area contributed by atoms with Gasteiger partial charge in [-0.3, -0.25) is 9.89 Å². The zero-order valence-corrected chi connectivity index (χ0v) is 14.6. The van der Waals surface area contributed by atoms with E-state index in [0.717, 1.165) is 30.0 Å². The fourth-order valence-corrected chi connectivity index (χ4v) is 2.56. The van der Waals surface area contributed by atoms with Crippen LogP contribution in [0.1, 0.15) is 38.4 Å². The molecule has 0 unspecified atom stereocenters. The zero-order chi connectivity index (χ0) is 17.6. The number of rotatable bonds is 7. The quantitative estimate of drug-likeness (QED) is 0.688. The van der Waals surface area contributed by atoms with E-state index in [2.05, 4.69) is 38.9 Å². The summed E-state index contributed by atoms with van der Waals surface area (Å²) >= 11 is 0. The number of H-pyrrole nitrogens is 1. The van der Waals surface area contributed by atoms with Crippen molar-refractivity contribution in [3.05, 3.63) is 54.6 Å². The molecule has 1 aromatic carbocycles. The Morgan fingerprint density at radius 3 is 2.76 bits per heavy atom. The van der Waals surface area contributed by atoms with Crippen LogP contribution < -0.4 is 5.32 Å². The van der Waals surface area contributed by atoms with Crippen molar-refractivity contribution in [2.45, 2.75) is 39.2 Å². The van der Waals surface area contributed by atoms with Crippen LogP contribution in [0.25, 0.3) is 11.4 Å². The van der Waals surface area contributed by atoms with Gasteiger partial charge in [0.1, 0.15) is 5.82 Å². The molecule has 1 amide bonds. The van der Waals surface area contributed by atoms with Crippen molar-refractivity contribution >= 4 is 11.6 Å². The average Bonchev–Trinajstić information content (AvgIpc) is 3.27. The molecule has 2 N–H and O–H groups in total. The second-order valence-corrected chi connectivity index (χ2v) is 6.35. The molecular weight excluding hydrogens is 314 g/mol. The second-order valence-electron chi connectivity index (χ2n) is 6.35. The molecule has 0 aliphatic carbocycles. The molecule has 0 saturated carbocycles. The van der Waals surface area contributed by atoms with Crippen molar-refractivity contribution in [1.82, 2.24) is 19.7 Å². The molecule has 0 spiro atoms. The van der Waals surface area contributed by atoms with Crippen LogP contribution in [-0.2, 0) is 11.3 Å². The topological polar surface area (TPSA) is 75.6 Å². The van der Waals surface area contributed by atoms with Crippen LogP contribution in [0.4, 0.5) is 5.69 Å². The molecule has 0 aliphatic heterocycles. The predicted molar refractivity (Wildman–Crippen MR) is 98.2 cm³/mol. The first kappa shape index (κ1) is 17.0. The highest BCUT2D eigenvalue weighted by atomic mass is 16.1. The first-order valence-corrected chi connectivity index (χ1v) is 8.55. The minimum atomic E-state index is 0.0159. The summed E-state index contributed by atoms with van der Waals surface area (Å²) in [7, 11) is 0. The third kappa shape index (κ3) is 4.56. The van der Waals surface area contributed by atoms with Crippen LogP contribution in [0.2, 0.25) is 0 Å². The fourth-order valence-electron chi connectivity index (χ4n) is 2.56. The summed E-state index contributed by atoms with van der Waals surface area (Å²) < 4.78 is 2.07. The number of hydrogen-bond donors (Lipinski definition) is 2. The molecule has 130 valence electrons. The Kier molecular flexibility index (Phi) is 5.28. The Morgan fingerprint density at radius 2 is 2.04 bits per heavy atom. The summed E-state index contributed by atoms with van der Waals surface area (Å²) in [6, 6.07) is 11.6. The normalized spacial score (nSPS) is 11.0. The summed E-state index contributed by atoms with van der Waals surface area (Å²) in [5.74, 6) is 1.81. The van der Waals surface area contributed by atoms with Crippen LogP contribution >= 0.6 is 0 Å². The Morgan fingerprint density at radius 1 is 1.24 bits per heavy atom. The van der Waals surface area contributed by atoms with Crippen molar-refractivity contribution in [3.8, 4) is 11.4 Å². The summed E-state index contributed by atoms with van der Waals surface area (Å²) in [6.45, 7) is 4.97. The van der Waals surface area contributed by atoms with Gasteiger partial charge in [0, 0.05) is 42.5 Å². The van der Waals surface area contributed by atoms with Gasteiger partial charge in [0.05, 0.1) is 0 Å². The lowest BCUT2D eigenvalue weighted by Crippen LogP contribution is -2.12. The predicted octanol–water partition coefficient (Wildman–Crippen LogP) is 3.82. The Labute approximate surface area is 147 Å². The lowest BCUT2D eigenvalue weighted by Gasteiger charge is -2.07.